The van der Waals surface area contributed by atoms with Crippen LogP contribution in [0.2, 0.25) is 0 Å². The smallest absolute Gasteiger partial charge is 0.312 e. The molecule has 0 bridgehead atoms. The van der Waals surface area contributed by atoms with Crippen LogP contribution in [-0.2, 0) is 9.59 Å². The molecule has 0 aromatic heterocycles. The highest BCUT2D eigenvalue weighted by Gasteiger charge is 2.24. The maximum absolute atomic E-state index is 10.6. The number of hydrogen-bond acceptors (Lipinski definition) is 4. The van der Waals surface area contributed by atoms with Gasteiger partial charge >= 0.3 is 5.97 Å². The van der Waals surface area contributed by atoms with Gasteiger partial charge in [-0.25, -0.2) is 0 Å². The lowest BCUT2D eigenvalue weighted by atomic mass is 9.97. The summed E-state index contributed by atoms with van der Waals surface area (Å²) in [6.07, 6.45) is -0.0895. The van der Waals surface area contributed by atoms with Gasteiger partial charge in [-0.2, -0.15) is 0 Å². The summed E-state index contributed by atoms with van der Waals surface area (Å²) in [4.78, 5) is 21.0. The first-order valence-corrected chi connectivity index (χ1v) is 3.43. The summed E-state index contributed by atoms with van der Waals surface area (Å²) in [6, 6.07) is 0. The molecule has 0 aliphatic rings. The second-order valence-electron chi connectivity index (χ2n) is 2.37. The Morgan fingerprint density at radius 3 is 2.25 bits per heavy atom. The van der Waals surface area contributed by atoms with Gasteiger partial charge < -0.3 is 15.6 Å². The van der Waals surface area contributed by atoms with Crippen LogP contribution in [0.4, 0.5) is 0 Å². The average molecular weight is 173 g/mol. The maximum Gasteiger partial charge on any atom is 0.312 e. The van der Waals surface area contributed by atoms with Crippen LogP contribution < -0.4 is 0 Å². The molecular weight excluding hydrogens is 162 g/mol. The van der Waals surface area contributed by atoms with Crippen LogP contribution in [0.5, 0.6) is 0 Å². The third kappa shape index (κ3) is 2.79. The van der Waals surface area contributed by atoms with E-state index < -0.39 is 23.4 Å². The number of hydrogen-bond donors (Lipinski definition) is 3. The first-order valence-electron chi connectivity index (χ1n) is 3.43. The van der Waals surface area contributed by atoms with Gasteiger partial charge in [-0.15, -0.1) is 0 Å². The van der Waals surface area contributed by atoms with E-state index in [1.54, 1.807) is 0 Å². The van der Waals surface area contributed by atoms with Gasteiger partial charge in [0.25, 0.3) is 0 Å². The topological polar surface area (TPSA) is 98.5 Å². The summed E-state index contributed by atoms with van der Waals surface area (Å²) >= 11 is 0. The molecule has 0 aromatic rings. The summed E-state index contributed by atoms with van der Waals surface area (Å²) < 4.78 is 0. The molecule has 68 valence electrons. The standard InChI is InChI=1S/C7H11NO4/c1-4(10)6(8)5(2-3-9)7(11)12/h5,8-9H,2-3H2,1H3,(H,11,12). The molecule has 0 saturated carbocycles. The summed E-state index contributed by atoms with van der Waals surface area (Å²) in [5, 5.41) is 24.1. The fourth-order valence-electron chi connectivity index (χ4n) is 0.766. The molecule has 0 aliphatic carbocycles. The zero-order valence-electron chi connectivity index (χ0n) is 6.70. The van der Waals surface area contributed by atoms with Crippen molar-refractivity contribution >= 4 is 17.5 Å². The van der Waals surface area contributed by atoms with Gasteiger partial charge in [0.15, 0.2) is 5.78 Å². The molecule has 0 heterocycles. The molecule has 12 heavy (non-hydrogen) atoms. The van der Waals surface area contributed by atoms with E-state index in [9.17, 15) is 9.59 Å². The molecule has 1 unspecified atom stereocenters. The van der Waals surface area contributed by atoms with Crippen LogP contribution in [0, 0.1) is 11.3 Å². The minimum atomic E-state index is -1.25. The molecule has 1 atom stereocenters. The molecule has 5 heteroatoms. The highest BCUT2D eigenvalue weighted by Crippen LogP contribution is 2.05. The van der Waals surface area contributed by atoms with Gasteiger partial charge in [-0.1, -0.05) is 0 Å². The Morgan fingerprint density at radius 1 is 1.50 bits per heavy atom. The van der Waals surface area contributed by atoms with Crippen molar-refractivity contribution in [2.45, 2.75) is 13.3 Å². The Morgan fingerprint density at radius 2 is 2.00 bits per heavy atom. The van der Waals surface area contributed by atoms with Crippen molar-refractivity contribution in [1.82, 2.24) is 0 Å². The van der Waals surface area contributed by atoms with Crippen LogP contribution in [0.15, 0.2) is 0 Å². The number of carbonyl (C=O) groups is 2. The first-order chi connectivity index (χ1) is 5.50. The quantitative estimate of drug-likeness (QED) is 0.496. The van der Waals surface area contributed by atoms with Gasteiger partial charge in [-0.05, 0) is 6.42 Å². The number of aliphatic carboxylic acids is 1. The van der Waals surface area contributed by atoms with Crippen molar-refractivity contribution in [2.75, 3.05) is 6.61 Å². The first kappa shape index (κ1) is 10.8. The van der Waals surface area contributed by atoms with Crippen LogP contribution in [0.25, 0.3) is 0 Å². The third-order valence-electron chi connectivity index (χ3n) is 1.44. The number of carboxylic acid groups (broad SMARTS) is 1. The Bertz CT molecular complexity index is 211. The monoisotopic (exact) mass is 173 g/mol. The van der Waals surface area contributed by atoms with E-state index in [0.717, 1.165) is 6.92 Å². The van der Waals surface area contributed by atoms with E-state index in [0.29, 0.717) is 0 Å². The lowest BCUT2D eigenvalue weighted by molar-refractivity contribution is -0.140. The number of rotatable bonds is 5. The van der Waals surface area contributed by atoms with E-state index in [1.807, 2.05) is 0 Å². The molecule has 5 nitrogen and oxygen atoms in total. The largest absolute Gasteiger partial charge is 0.481 e. The van der Waals surface area contributed by atoms with Crippen molar-refractivity contribution < 1.29 is 19.8 Å². The highest BCUT2D eigenvalue weighted by atomic mass is 16.4. The summed E-state index contributed by atoms with van der Waals surface area (Å²) in [5.74, 6) is -2.99. The molecule has 0 aliphatic heterocycles. The molecule has 0 radical (unpaired) electrons. The zero-order valence-corrected chi connectivity index (χ0v) is 6.70. The SMILES string of the molecule is CC(=O)C(=N)C(CCO)C(=O)O. The fraction of sp³-hybridized carbons (Fsp3) is 0.571. The zero-order chi connectivity index (χ0) is 9.72. The second kappa shape index (κ2) is 4.61. The summed E-state index contributed by atoms with van der Waals surface area (Å²) in [6.45, 7) is 0.794. The fourth-order valence-corrected chi connectivity index (χ4v) is 0.766. The number of aliphatic hydroxyl groups is 1. The van der Waals surface area contributed by atoms with Crippen molar-refractivity contribution in [2.24, 2.45) is 5.92 Å². The number of ketones is 1. The lowest BCUT2D eigenvalue weighted by Crippen LogP contribution is -2.28. The predicted molar refractivity (Wildman–Crippen MR) is 41.2 cm³/mol. The van der Waals surface area contributed by atoms with Gasteiger partial charge in [0, 0.05) is 13.5 Å². The van der Waals surface area contributed by atoms with Crippen molar-refractivity contribution in [3.63, 3.8) is 0 Å². The number of carbonyl (C=O) groups excluding carboxylic acids is 1. The number of nitrogens with one attached hydrogen (secondary N) is 1. The Labute approximate surface area is 69.5 Å². The summed E-state index contributed by atoms with van der Waals surface area (Å²) in [5.41, 5.74) is -0.462. The van der Waals surface area contributed by atoms with Crippen LogP contribution in [-0.4, -0.2) is 34.3 Å². The van der Waals surface area contributed by atoms with Gasteiger partial charge in [0.05, 0.1) is 5.71 Å². The molecule has 0 saturated heterocycles. The van der Waals surface area contributed by atoms with Crippen LogP contribution in [0.1, 0.15) is 13.3 Å². The number of Topliss-reactive ketones (excluding diaryl/α,β-unsaturated/α-hetero) is 1. The highest BCUT2D eigenvalue weighted by molar-refractivity contribution is 6.41. The molecule has 0 spiro atoms. The molecule has 3 N–H and O–H groups in total. The Balaban J connectivity index is 4.40. The summed E-state index contributed by atoms with van der Waals surface area (Å²) in [7, 11) is 0. The van der Waals surface area contributed by atoms with Crippen molar-refractivity contribution in [1.29, 1.82) is 5.41 Å². The van der Waals surface area contributed by atoms with Gasteiger partial charge in [-0.3, -0.25) is 9.59 Å². The van der Waals surface area contributed by atoms with E-state index in [1.165, 1.54) is 0 Å². The second-order valence-corrected chi connectivity index (χ2v) is 2.37. The maximum atomic E-state index is 10.6. The minimum Gasteiger partial charge on any atom is -0.481 e. The molecule has 0 rings (SSSR count). The lowest BCUT2D eigenvalue weighted by Gasteiger charge is -2.08. The third-order valence-corrected chi connectivity index (χ3v) is 1.44. The van der Waals surface area contributed by atoms with Crippen molar-refractivity contribution in [3.05, 3.63) is 0 Å². The number of aliphatic hydroxyl groups excluding tert-OH is 1. The van der Waals surface area contributed by atoms with E-state index in [4.69, 9.17) is 15.6 Å². The van der Waals surface area contributed by atoms with Gasteiger partial charge in [0.1, 0.15) is 5.92 Å². The van der Waals surface area contributed by atoms with E-state index >= 15 is 0 Å². The normalized spacial score (nSPS) is 12.2. The van der Waals surface area contributed by atoms with Gasteiger partial charge in [0.2, 0.25) is 0 Å². The Hall–Kier alpha value is -1.23. The predicted octanol–water partition coefficient (Wildman–Crippen LogP) is -0.322. The molecular formula is C7H11NO4. The van der Waals surface area contributed by atoms with Crippen LogP contribution >= 0.6 is 0 Å². The van der Waals surface area contributed by atoms with Crippen LogP contribution in [0.3, 0.4) is 0 Å². The van der Waals surface area contributed by atoms with E-state index in [-0.39, 0.29) is 13.0 Å². The molecule has 0 amide bonds. The number of carboxylic acids is 1. The molecule has 0 fully saturated rings. The van der Waals surface area contributed by atoms with E-state index in [2.05, 4.69) is 0 Å². The van der Waals surface area contributed by atoms with Crippen molar-refractivity contribution in [3.8, 4) is 0 Å². The Kier molecular flexibility index (Phi) is 4.14. The molecule has 0 aromatic carbocycles. The minimum absolute atomic E-state index is 0.0895. The average Bonchev–Trinajstić information content (AvgIpc) is 1.98.